The van der Waals surface area contributed by atoms with Gasteiger partial charge in [-0.2, -0.15) is 0 Å². The van der Waals surface area contributed by atoms with Gasteiger partial charge in [-0.05, 0) is 43.2 Å². The topological polar surface area (TPSA) is 74.3 Å². The van der Waals surface area contributed by atoms with Gasteiger partial charge in [-0.1, -0.05) is 24.3 Å². The second kappa shape index (κ2) is 7.68. The third kappa shape index (κ3) is 3.67. The van der Waals surface area contributed by atoms with E-state index in [0.29, 0.717) is 6.42 Å². The van der Waals surface area contributed by atoms with E-state index < -0.39 is 0 Å². The maximum absolute atomic E-state index is 12.5. The zero-order valence-electron chi connectivity index (χ0n) is 15.7. The molecule has 142 valence electrons. The van der Waals surface area contributed by atoms with Crippen LogP contribution in [0.25, 0.3) is 10.8 Å². The zero-order chi connectivity index (χ0) is 19.5. The van der Waals surface area contributed by atoms with Crippen molar-refractivity contribution in [1.82, 2.24) is 10.3 Å². The summed E-state index contributed by atoms with van der Waals surface area (Å²) in [6.07, 6.45) is 4.96. The Hall–Kier alpha value is -3.41. The van der Waals surface area contributed by atoms with Gasteiger partial charge in [0.15, 0.2) is 0 Å². The number of carbonyl (C=O) groups is 2. The van der Waals surface area contributed by atoms with Gasteiger partial charge in [0.25, 0.3) is 0 Å². The molecule has 1 aliphatic rings. The van der Waals surface area contributed by atoms with E-state index in [2.05, 4.69) is 15.6 Å². The van der Waals surface area contributed by atoms with Crippen LogP contribution in [0.15, 0.2) is 60.9 Å². The second-order valence-corrected chi connectivity index (χ2v) is 6.97. The number of hydrogen-bond donors (Lipinski definition) is 2. The molecule has 3 amide bonds. The van der Waals surface area contributed by atoms with Crippen LogP contribution >= 0.6 is 0 Å². The number of carbonyl (C=O) groups excluding carboxylic acids is 2. The normalized spacial score (nSPS) is 14.9. The third-order valence-electron chi connectivity index (χ3n) is 5.03. The molecule has 4 rings (SSSR count). The van der Waals surface area contributed by atoms with E-state index in [1.165, 1.54) is 0 Å². The molecule has 3 aromatic rings. The number of pyridine rings is 1. The van der Waals surface area contributed by atoms with Gasteiger partial charge < -0.3 is 15.5 Å². The highest BCUT2D eigenvalue weighted by atomic mass is 16.2. The van der Waals surface area contributed by atoms with Gasteiger partial charge in [-0.3, -0.25) is 9.78 Å². The molecule has 1 aromatic heterocycles. The first-order valence-corrected chi connectivity index (χ1v) is 9.42. The second-order valence-electron chi connectivity index (χ2n) is 6.97. The highest BCUT2D eigenvalue weighted by Gasteiger charge is 2.22. The number of hydrogen-bond acceptors (Lipinski definition) is 3. The van der Waals surface area contributed by atoms with Crippen LogP contribution in [0.3, 0.4) is 0 Å². The lowest BCUT2D eigenvalue weighted by Gasteiger charge is -2.20. The highest BCUT2D eigenvalue weighted by Crippen LogP contribution is 2.25. The van der Waals surface area contributed by atoms with E-state index in [9.17, 15) is 9.59 Å². The van der Waals surface area contributed by atoms with Crippen LogP contribution in [-0.4, -0.2) is 23.5 Å². The van der Waals surface area contributed by atoms with Gasteiger partial charge >= 0.3 is 6.03 Å². The standard InChI is InChI=1S/C22H22N4O2/c1-15(16-5-2-7-18(13-16)26-12-4-9-21(26)27)24-22(28)25-20-8-3-6-17-14-23-11-10-19(17)20/h2-3,5-8,10-11,13-15H,4,9,12H2,1H3,(H2,24,25,28)/t15-/m0/s1. The smallest absolute Gasteiger partial charge is 0.319 e. The summed E-state index contributed by atoms with van der Waals surface area (Å²) in [5.74, 6) is 0.154. The largest absolute Gasteiger partial charge is 0.331 e. The Morgan fingerprint density at radius 1 is 1.18 bits per heavy atom. The first-order valence-electron chi connectivity index (χ1n) is 9.42. The van der Waals surface area contributed by atoms with Crippen LogP contribution in [0.4, 0.5) is 16.2 Å². The van der Waals surface area contributed by atoms with Gasteiger partial charge in [-0.25, -0.2) is 4.79 Å². The molecule has 2 heterocycles. The molecular weight excluding hydrogens is 352 g/mol. The van der Waals surface area contributed by atoms with Crippen molar-refractivity contribution in [2.24, 2.45) is 0 Å². The average molecular weight is 374 g/mol. The number of fused-ring (bicyclic) bond motifs is 1. The minimum atomic E-state index is -0.278. The Labute approximate surface area is 163 Å². The number of urea groups is 1. The predicted molar refractivity (Wildman–Crippen MR) is 110 cm³/mol. The molecule has 0 bridgehead atoms. The Kier molecular flexibility index (Phi) is 4.93. The fourth-order valence-electron chi connectivity index (χ4n) is 3.55. The molecule has 2 aromatic carbocycles. The number of benzene rings is 2. The monoisotopic (exact) mass is 374 g/mol. The molecule has 1 fully saturated rings. The van der Waals surface area contributed by atoms with Crippen LogP contribution < -0.4 is 15.5 Å². The molecule has 0 aliphatic carbocycles. The predicted octanol–water partition coefficient (Wildman–Crippen LogP) is 4.24. The first-order chi connectivity index (χ1) is 13.6. The minimum absolute atomic E-state index is 0.154. The number of anilines is 2. The number of amides is 3. The summed E-state index contributed by atoms with van der Waals surface area (Å²) in [6, 6.07) is 14.9. The number of aromatic nitrogens is 1. The molecule has 1 atom stereocenters. The molecule has 0 saturated carbocycles. The molecule has 0 radical (unpaired) electrons. The van der Waals surface area contributed by atoms with Crippen molar-refractivity contribution in [2.75, 3.05) is 16.8 Å². The van der Waals surface area contributed by atoms with E-state index in [-0.39, 0.29) is 18.0 Å². The van der Waals surface area contributed by atoms with E-state index in [4.69, 9.17) is 0 Å². The lowest BCUT2D eigenvalue weighted by molar-refractivity contribution is -0.117. The van der Waals surface area contributed by atoms with Crippen LogP contribution in [-0.2, 0) is 4.79 Å². The molecular formula is C22H22N4O2. The van der Waals surface area contributed by atoms with Gasteiger partial charge in [0.05, 0.1) is 11.7 Å². The first kappa shape index (κ1) is 18.0. The third-order valence-corrected chi connectivity index (χ3v) is 5.03. The lowest BCUT2D eigenvalue weighted by atomic mass is 10.1. The van der Waals surface area contributed by atoms with Crippen LogP contribution in [0.5, 0.6) is 0 Å². The van der Waals surface area contributed by atoms with E-state index in [1.807, 2.05) is 55.5 Å². The van der Waals surface area contributed by atoms with Gasteiger partial charge in [0, 0.05) is 41.8 Å². The zero-order valence-corrected chi connectivity index (χ0v) is 15.7. The van der Waals surface area contributed by atoms with Crippen molar-refractivity contribution in [1.29, 1.82) is 0 Å². The Bertz CT molecular complexity index is 1030. The molecule has 0 unspecified atom stereocenters. The van der Waals surface area contributed by atoms with Gasteiger partial charge in [0.2, 0.25) is 5.91 Å². The molecule has 1 saturated heterocycles. The van der Waals surface area contributed by atoms with Crippen LogP contribution in [0.2, 0.25) is 0 Å². The maximum Gasteiger partial charge on any atom is 0.319 e. The fraction of sp³-hybridized carbons (Fsp3) is 0.227. The summed E-state index contributed by atoms with van der Waals surface area (Å²) < 4.78 is 0. The van der Waals surface area contributed by atoms with Crippen molar-refractivity contribution in [3.8, 4) is 0 Å². The summed E-state index contributed by atoms with van der Waals surface area (Å²) in [5, 5.41) is 7.80. The van der Waals surface area contributed by atoms with Gasteiger partial charge in [0.1, 0.15) is 0 Å². The Balaban J connectivity index is 1.47. The minimum Gasteiger partial charge on any atom is -0.331 e. The summed E-state index contributed by atoms with van der Waals surface area (Å²) >= 11 is 0. The SMILES string of the molecule is C[C@H](NC(=O)Nc1cccc2cnccc12)c1cccc(N2CCCC2=O)c1. The van der Waals surface area contributed by atoms with Crippen LogP contribution in [0, 0.1) is 0 Å². The Morgan fingerprint density at radius 3 is 2.86 bits per heavy atom. The molecule has 2 N–H and O–H groups in total. The Morgan fingerprint density at radius 2 is 2.04 bits per heavy atom. The molecule has 28 heavy (non-hydrogen) atoms. The highest BCUT2D eigenvalue weighted by molar-refractivity contribution is 6.01. The summed E-state index contributed by atoms with van der Waals surface area (Å²) in [4.78, 5) is 30.4. The summed E-state index contributed by atoms with van der Waals surface area (Å²) in [5.41, 5.74) is 2.58. The van der Waals surface area contributed by atoms with Gasteiger partial charge in [-0.15, -0.1) is 0 Å². The van der Waals surface area contributed by atoms with E-state index in [1.54, 1.807) is 17.3 Å². The summed E-state index contributed by atoms with van der Waals surface area (Å²) in [7, 11) is 0. The van der Waals surface area contributed by atoms with Crippen molar-refractivity contribution in [3.63, 3.8) is 0 Å². The average Bonchev–Trinajstić information content (AvgIpc) is 3.14. The lowest BCUT2D eigenvalue weighted by Crippen LogP contribution is -2.31. The molecule has 1 aliphatic heterocycles. The number of nitrogens with zero attached hydrogens (tertiary/aromatic N) is 2. The summed E-state index contributed by atoms with van der Waals surface area (Å²) in [6.45, 7) is 2.68. The fourth-order valence-corrected chi connectivity index (χ4v) is 3.55. The quantitative estimate of drug-likeness (QED) is 0.717. The van der Waals surface area contributed by atoms with Crippen molar-refractivity contribution in [2.45, 2.75) is 25.8 Å². The number of rotatable bonds is 4. The maximum atomic E-state index is 12.5. The van der Waals surface area contributed by atoms with Crippen molar-refractivity contribution < 1.29 is 9.59 Å². The molecule has 6 heteroatoms. The van der Waals surface area contributed by atoms with E-state index in [0.717, 1.165) is 40.7 Å². The molecule has 0 spiro atoms. The van der Waals surface area contributed by atoms with Crippen molar-refractivity contribution in [3.05, 3.63) is 66.5 Å². The molecule has 6 nitrogen and oxygen atoms in total. The van der Waals surface area contributed by atoms with Crippen LogP contribution in [0.1, 0.15) is 31.4 Å². The van der Waals surface area contributed by atoms with E-state index >= 15 is 0 Å². The van der Waals surface area contributed by atoms with Crippen molar-refractivity contribution >= 4 is 34.1 Å². The number of nitrogens with one attached hydrogen (secondary N) is 2.